The third kappa shape index (κ3) is 4.23. The van der Waals surface area contributed by atoms with Crippen LogP contribution in [0.1, 0.15) is 11.1 Å². The summed E-state index contributed by atoms with van der Waals surface area (Å²) < 4.78 is 18.5. The zero-order valence-corrected chi connectivity index (χ0v) is 13.5. The van der Waals surface area contributed by atoms with E-state index in [0.717, 1.165) is 11.3 Å². The fraction of sp³-hybridized carbons (Fsp3) is 0.222. The van der Waals surface area contributed by atoms with Crippen LogP contribution in [0.4, 0.5) is 10.1 Å². The van der Waals surface area contributed by atoms with Gasteiger partial charge in [0.2, 0.25) is 5.91 Å². The Labute approximate surface area is 140 Å². The van der Waals surface area contributed by atoms with E-state index < -0.39 is 5.82 Å². The molecule has 2 rings (SSSR count). The molecule has 0 spiro atoms. The summed E-state index contributed by atoms with van der Waals surface area (Å²) in [6.45, 7) is 0.458. The third-order valence-corrected chi connectivity index (χ3v) is 3.56. The highest BCUT2D eigenvalue weighted by Gasteiger charge is 2.12. The molecule has 0 aliphatic rings. The fourth-order valence-electron chi connectivity index (χ4n) is 2.21. The molecule has 0 aliphatic heterocycles. The number of methoxy groups -OCH3 is 1. The van der Waals surface area contributed by atoms with E-state index in [0.29, 0.717) is 12.2 Å². The minimum atomic E-state index is -0.581. The summed E-state index contributed by atoms with van der Waals surface area (Å²) >= 11 is 0. The van der Waals surface area contributed by atoms with Gasteiger partial charge in [0.05, 0.1) is 19.2 Å². The van der Waals surface area contributed by atoms with Gasteiger partial charge in [-0.3, -0.25) is 4.79 Å². The Morgan fingerprint density at radius 1 is 1.33 bits per heavy atom. The number of nitrogens with zero attached hydrogens (tertiary/aromatic N) is 2. The van der Waals surface area contributed by atoms with Crippen molar-refractivity contribution in [2.75, 3.05) is 26.0 Å². The first-order chi connectivity index (χ1) is 11.5. The van der Waals surface area contributed by atoms with Crippen LogP contribution in [0, 0.1) is 17.1 Å². The number of halogens is 1. The summed E-state index contributed by atoms with van der Waals surface area (Å²) in [5.74, 6) is 0.00807. The lowest BCUT2D eigenvalue weighted by atomic mass is 10.2. The van der Waals surface area contributed by atoms with Crippen LogP contribution in [0.5, 0.6) is 5.75 Å². The number of likely N-dealkylation sites (N-methyl/N-ethyl adjacent to an activating group) is 1. The van der Waals surface area contributed by atoms with Gasteiger partial charge < -0.3 is 15.0 Å². The van der Waals surface area contributed by atoms with Gasteiger partial charge in [0, 0.05) is 24.8 Å². The van der Waals surface area contributed by atoms with Crippen molar-refractivity contribution in [1.82, 2.24) is 4.90 Å². The second kappa shape index (κ2) is 7.97. The highest BCUT2D eigenvalue weighted by atomic mass is 19.1. The summed E-state index contributed by atoms with van der Waals surface area (Å²) in [4.78, 5) is 13.8. The lowest BCUT2D eigenvalue weighted by Gasteiger charge is -2.19. The van der Waals surface area contributed by atoms with E-state index in [1.165, 1.54) is 18.2 Å². The number of hydrogen-bond acceptors (Lipinski definition) is 4. The van der Waals surface area contributed by atoms with Crippen molar-refractivity contribution in [3.05, 3.63) is 59.4 Å². The van der Waals surface area contributed by atoms with Crippen molar-refractivity contribution < 1.29 is 13.9 Å². The molecule has 6 heteroatoms. The number of amides is 1. The van der Waals surface area contributed by atoms with Gasteiger partial charge in [-0.05, 0) is 24.3 Å². The molecule has 24 heavy (non-hydrogen) atoms. The molecule has 1 N–H and O–H groups in total. The largest absolute Gasteiger partial charge is 0.496 e. The van der Waals surface area contributed by atoms with Crippen LogP contribution in [0.2, 0.25) is 0 Å². The Bertz CT molecular complexity index is 771. The minimum Gasteiger partial charge on any atom is -0.496 e. The molecule has 0 saturated carbocycles. The van der Waals surface area contributed by atoms with Gasteiger partial charge in [-0.25, -0.2) is 4.39 Å². The molecule has 1 amide bonds. The van der Waals surface area contributed by atoms with Gasteiger partial charge in [-0.1, -0.05) is 18.2 Å². The number of rotatable bonds is 6. The van der Waals surface area contributed by atoms with Crippen molar-refractivity contribution in [3.8, 4) is 11.8 Å². The van der Waals surface area contributed by atoms with Crippen molar-refractivity contribution in [3.63, 3.8) is 0 Å². The van der Waals surface area contributed by atoms with Crippen molar-refractivity contribution in [1.29, 1.82) is 5.26 Å². The fourth-order valence-corrected chi connectivity index (χ4v) is 2.21. The van der Waals surface area contributed by atoms with Gasteiger partial charge in [0.1, 0.15) is 17.6 Å². The third-order valence-electron chi connectivity index (χ3n) is 3.56. The number of para-hydroxylation sites is 1. The maximum Gasteiger partial charge on any atom is 0.241 e. The number of nitriles is 1. The normalized spacial score (nSPS) is 9.92. The molecule has 0 fully saturated rings. The average molecular weight is 327 g/mol. The van der Waals surface area contributed by atoms with E-state index in [4.69, 9.17) is 10.00 Å². The zero-order valence-electron chi connectivity index (χ0n) is 13.5. The monoisotopic (exact) mass is 327 g/mol. The Morgan fingerprint density at radius 3 is 2.79 bits per heavy atom. The maximum atomic E-state index is 13.3. The van der Waals surface area contributed by atoms with Gasteiger partial charge >= 0.3 is 0 Å². The highest BCUT2D eigenvalue weighted by molar-refractivity contribution is 5.80. The van der Waals surface area contributed by atoms with E-state index in [1.54, 1.807) is 25.1 Å². The van der Waals surface area contributed by atoms with Gasteiger partial charge in [0.15, 0.2) is 0 Å². The molecule has 0 heterocycles. The quantitative estimate of drug-likeness (QED) is 0.886. The number of anilines is 1. The van der Waals surface area contributed by atoms with Crippen molar-refractivity contribution in [2.45, 2.75) is 6.54 Å². The molecule has 124 valence electrons. The van der Waals surface area contributed by atoms with Crippen LogP contribution in [0.15, 0.2) is 42.5 Å². The topological polar surface area (TPSA) is 65.4 Å². The summed E-state index contributed by atoms with van der Waals surface area (Å²) in [5, 5.41) is 11.7. The highest BCUT2D eigenvalue weighted by Crippen LogP contribution is 2.19. The maximum absolute atomic E-state index is 13.3. The molecule has 2 aromatic carbocycles. The summed E-state index contributed by atoms with van der Waals surface area (Å²) in [6, 6.07) is 13.3. The summed E-state index contributed by atoms with van der Waals surface area (Å²) in [5.41, 5.74) is 1.37. The molecule has 2 aromatic rings. The summed E-state index contributed by atoms with van der Waals surface area (Å²) in [6.07, 6.45) is 0. The molecule has 0 bridgehead atoms. The van der Waals surface area contributed by atoms with Crippen molar-refractivity contribution in [2.24, 2.45) is 0 Å². The van der Waals surface area contributed by atoms with Gasteiger partial charge in [-0.2, -0.15) is 5.26 Å². The van der Waals surface area contributed by atoms with Crippen LogP contribution >= 0.6 is 0 Å². The Kier molecular flexibility index (Phi) is 5.74. The molecule has 0 unspecified atom stereocenters. The van der Waals surface area contributed by atoms with Crippen molar-refractivity contribution >= 4 is 11.6 Å². The molecule has 0 saturated heterocycles. The number of hydrogen-bond donors (Lipinski definition) is 1. The Morgan fingerprint density at radius 2 is 2.08 bits per heavy atom. The van der Waals surface area contributed by atoms with Crippen LogP contribution in [-0.2, 0) is 11.3 Å². The molecule has 5 nitrogen and oxygen atoms in total. The average Bonchev–Trinajstić information content (AvgIpc) is 2.61. The SMILES string of the molecule is COc1ccccc1CN(C)C(=O)CNc1ccc(F)c(C#N)c1. The first-order valence-electron chi connectivity index (χ1n) is 7.34. The van der Waals surface area contributed by atoms with Crippen LogP contribution in [-0.4, -0.2) is 31.5 Å². The second-order valence-corrected chi connectivity index (χ2v) is 5.22. The van der Waals surface area contributed by atoms with Gasteiger partial charge in [-0.15, -0.1) is 0 Å². The first-order valence-corrected chi connectivity index (χ1v) is 7.34. The van der Waals surface area contributed by atoms with E-state index in [-0.39, 0.29) is 18.0 Å². The van der Waals surface area contributed by atoms with E-state index in [9.17, 15) is 9.18 Å². The number of carbonyl (C=O) groups is 1. The minimum absolute atomic E-state index is 0.0438. The Balaban J connectivity index is 1.96. The lowest BCUT2D eigenvalue weighted by Crippen LogP contribution is -2.31. The number of carbonyl (C=O) groups excluding carboxylic acids is 1. The molecule has 0 aliphatic carbocycles. The van der Waals surface area contributed by atoms with E-state index in [1.807, 2.05) is 24.3 Å². The lowest BCUT2D eigenvalue weighted by molar-refractivity contribution is -0.128. The zero-order chi connectivity index (χ0) is 17.5. The first kappa shape index (κ1) is 17.3. The van der Waals surface area contributed by atoms with Crippen LogP contribution in [0.3, 0.4) is 0 Å². The smallest absolute Gasteiger partial charge is 0.241 e. The standard InChI is InChI=1S/C18H18FN3O2/c1-22(12-13-5-3-4-6-17(13)24-2)18(23)11-21-15-7-8-16(19)14(9-15)10-20/h3-9,21H,11-12H2,1-2H3. The van der Waals surface area contributed by atoms with E-state index in [2.05, 4.69) is 5.32 Å². The summed E-state index contributed by atoms with van der Waals surface area (Å²) in [7, 11) is 3.28. The van der Waals surface area contributed by atoms with Crippen LogP contribution < -0.4 is 10.1 Å². The van der Waals surface area contributed by atoms with Gasteiger partial charge in [0.25, 0.3) is 0 Å². The predicted molar refractivity (Wildman–Crippen MR) is 89.1 cm³/mol. The molecular weight excluding hydrogens is 309 g/mol. The predicted octanol–water partition coefficient (Wildman–Crippen LogP) is 2.78. The Hall–Kier alpha value is -3.07. The second-order valence-electron chi connectivity index (χ2n) is 5.22. The molecule has 0 aromatic heterocycles. The van der Waals surface area contributed by atoms with E-state index >= 15 is 0 Å². The number of nitrogens with one attached hydrogen (secondary N) is 1. The number of benzene rings is 2. The molecule has 0 radical (unpaired) electrons. The molecular formula is C18H18FN3O2. The molecule has 0 atom stereocenters. The number of ether oxygens (including phenoxy) is 1. The van der Waals surface area contributed by atoms with Crippen LogP contribution in [0.25, 0.3) is 0 Å².